The molecule has 2 aromatic carbocycles. The number of hydrogen-bond acceptors (Lipinski definition) is 8. The highest BCUT2D eigenvalue weighted by Gasteiger charge is 2.30. The Bertz CT molecular complexity index is 1540. The molecule has 0 saturated heterocycles. The molecule has 43 heavy (non-hydrogen) atoms. The Balaban J connectivity index is 1.80. The van der Waals surface area contributed by atoms with Crippen LogP contribution >= 0.6 is 11.8 Å². The molecular formula is C32H40N4O6S. The van der Waals surface area contributed by atoms with Crippen LogP contribution in [0.4, 0.5) is 5.69 Å². The van der Waals surface area contributed by atoms with E-state index in [1.54, 1.807) is 45.2 Å². The summed E-state index contributed by atoms with van der Waals surface area (Å²) >= 11 is 1.63. The summed E-state index contributed by atoms with van der Waals surface area (Å²) in [5.74, 6) is 1.79. The second-order valence-electron chi connectivity index (χ2n) is 10.4. The number of benzene rings is 1. The number of rotatable bonds is 12. The van der Waals surface area contributed by atoms with E-state index in [2.05, 4.69) is 16.0 Å². The molecule has 1 aromatic heterocycles. The first-order valence-electron chi connectivity index (χ1n) is 14.1. The molecule has 0 spiro atoms. The van der Waals surface area contributed by atoms with Crippen molar-refractivity contribution in [2.45, 2.75) is 44.8 Å². The van der Waals surface area contributed by atoms with Crippen molar-refractivity contribution in [1.29, 1.82) is 0 Å². The lowest BCUT2D eigenvalue weighted by molar-refractivity contribution is -0.122. The number of methoxy groups -OCH3 is 3. The second kappa shape index (κ2) is 14.4. The van der Waals surface area contributed by atoms with Gasteiger partial charge in [0.05, 0.1) is 39.6 Å². The molecule has 0 fully saturated rings. The van der Waals surface area contributed by atoms with Crippen molar-refractivity contribution in [3.63, 3.8) is 0 Å². The van der Waals surface area contributed by atoms with E-state index in [4.69, 9.17) is 14.2 Å². The van der Waals surface area contributed by atoms with Crippen LogP contribution in [0.25, 0.3) is 11.1 Å². The van der Waals surface area contributed by atoms with Gasteiger partial charge < -0.3 is 34.7 Å². The first kappa shape index (κ1) is 31.8. The lowest BCUT2D eigenvalue weighted by Gasteiger charge is -2.19. The lowest BCUT2D eigenvalue weighted by atomic mass is 9.95. The summed E-state index contributed by atoms with van der Waals surface area (Å²) in [6.07, 6.45) is 5.60. The van der Waals surface area contributed by atoms with E-state index in [1.807, 2.05) is 48.3 Å². The van der Waals surface area contributed by atoms with E-state index in [-0.39, 0.29) is 22.9 Å². The number of amides is 2. The Morgan fingerprint density at radius 1 is 1.09 bits per heavy atom. The Kier molecular flexibility index (Phi) is 10.6. The topological polar surface area (TPSA) is 120 Å². The van der Waals surface area contributed by atoms with Gasteiger partial charge in [-0.2, -0.15) is 11.8 Å². The molecule has 10 nitrogen and oxygen atoms in total. The molecule has 0 bridgehead atoms. The molecule has 3 N–H and O–H groups in total. The third-order valence-corrected chi connectivity index (χ3v) is 8.31. The number of carbonyl (C=O) groups is 2. The zero-order chi connectivity index (χ0) is 31.1. The first-order valence-corrected chi connectivity index (χ1v) is 15.5. The van der Waals surface area contributed by atoms with E-state index in [0.29, 0.717) is 48.6 Å². The summed E-state index contributed by atoms with van der Waals surface area (Å²) < 4.78 is 19.1. The Labute approximate surface area is 256 Å². The van der Waals surface area contributed by atoms with Crippen LogP contribution < -0.4 is 35.6 Å². The maximum Gasteiger partial charge on any atom is 0.242 e. The van der Waals surface area contributed by atoms with E-state index in [9.17, 15) is 14.4 Å². The number of ether oxygens (including phenoxy) is 3. The standard InChI is InChI=1S/C32H40N4O6S/c1-19(37)34-24-11-9-20-16-28(40-3)30(41-4)31(42-5)29(20)22-10-12-25(27(38)17-23(22)24)35-26(13-15-43-6)32(39)33-18-21-8-7-14-36(21)2/h7-8,10,12,14,16-17,24,26H,9,11,13,15,18H2,1-6H3,(H,33,39)(H,34,37)(H,35,38)/t24-,26-/m1/s1. The van der Waals surface area contributed by atoms with Gasteiger partial charge in [-0.3, -0.25) is 14.4 Å². The number of fused-ring (bicyclic) bond motifs is 3. The molecule has 0 saturated carbocycles. The van der Waals surface area contributed by atoms with E-state index >= 15 is 0 Å². The minimum absolute atomic E-state index is 0.192. The first-order chi connectivity index (χ1) is 20.7. The monoisotopic (exact) mass is 608 g/mol. The number of thioether (sulfide) groups is 1. The molecule has 0 radical (unpaired) electrons. The van der Waals surface area contributed by atoms with Crippen LogP contribution in [0.15, 0.2) is 47.4 Å². The summed E-state index contributed by atoms with van der Waals surface area (Å²) in [6.45, 7) is 1.84. The third-order valence-electron chi connectivity index (χ3n) is 7.67. The summed E-state index contributed by atoms with van der Waals surface area (Å²) in [5.41, 5.74) is 4.06. The van der Waals surface area contributed by atoms with E-state index in [0.717, 1.165) is 28.1 Å². The molecular weight excluding hydrogens is 568 g/mol. The van der Waals surface area contributed by atoms with Gasteiger partial charge in [0.2, 0.25) is 23.0 Å². The highest BCUT2D eigenvalue weighted by molar-refractivity contribution is 7.98. The zero-order valence-electron chi connectivity index (χ0n) is 25.5. The van der Waals surface area contributed by atoms with Gasteiger partial charge in [-0.25, -0.2) is 0 Å². The SMILES string of the molecule is COc1cc2c(c(OC)c1OC)-c1ccc(N[C@H](CCSC)C(=O)NCc3cccn3C)c(=O)cc1[C@H](NC(C)=O)CC2. The van der Waals surface area contributed by atoms with Crippen LogP contribution in [0.3, 0.4) is 0 Å². The van der Waals surface area contributed by atoms with Crippen molar-refractivity contribution < 1.29 is 23.8 Å². The highest BCUT2D eigenvalue weighted by Crippen LogP contribution is 2.50. The summed E-state index contributed by atoms with van der Waals surface area (Å²) in [6, 6.07) is 9.85. The lowest BCUT2D eigenvalue weighted by Crippen LogP contribution is -2.40. The highest BCUT2D eigenvalue weighted by atomic mass is 32.2. The molecule has 3 aromatic rings. The Morgan fingerprint density at radius 3 is 2.49 bits per heavy atom. The van der Waals surface area contributed by atoms with Crippen LogP contribution in [0.1, 0.15) is 42.6 Å². The predicted octanol–water partition coefficient (Wildman–Crippen LogP) is 4.05. The van der Waals surface area contributed by atoms with Gasteiger partial charge in [-0.1, -0.05) is 6.07 Å². The van der Waals surface area contributed by atoms with Crippen LogP contribution in [-0.4, -0.2) is 55.8 Å². The number of anilines is 1. The number of hydrogen-bond donors (Lipinski definition) is 3. The maximum absolute atomic E-state index is 13.8. The van der Waals surface area contributed by atoms with Gasteiger partial charge in [0.25, 0.3) is 0 Å². The van der Waals surface area contributed by atoms with Crippen LogP contribution in [0.5, 0.6) is 17.2 Å². The minimum Gasteiger partial charge on any atom is -0.493 e. The van der Waals surface area contributed by atoms with Crippen LogP contribution in [-0.2, 0) is 29.6 Å². The average Bonchev–Trinajstić information content (AvgIpc) is 3.27. The van der Waals surface area contributed by atoms with E-state index in [1.165, 1.54) is 6.92 Å². The Morgan fingerprint density at radius 2 is 1.86 bits per heavy atom. The van der Waals surface area contributed by atoms with Crippen molar-refractivity contribution in [3.05, 3.63) is 69.6 Å². The van der Waals surface area contributed by atoms with Gasteiger partial charge in [0.1, 0.15) is 6.04 Å². The average molecular weight is 609 g/mol. The molecule has 1 aliphatic carbocycles. The normalized spacial score (nSPS) is 14.4. The van der Waals surface area contributed by atoms with Crippen LogP contribution in [0, 0.1) is 0 Å². The number of carbonyl (C=O) groups excluding carboxylic acids is 2. The van der Waals surface area contributed by atoms with Crippen molar-refractivity contribution in [2.75, 3.05) is 38.7 Å². The molecule has 0 aliphatic heterocycles. The molecule has 0 unspecified atom stereocenters. The van der Waals surface area contributed by atoms with Gasteiger partial charge in [-0.15, -0.1) is 0 Å². The zero-order valence-corrected chi connectivity index (χ0v) is 26.4. The summed E-state index contributed by atoms with van der Waals surface area (Å²) in [7, 11) is 6.60. The third kappa shape index (κ3) is 7.10. The number of aromatic nitrogens is 1. The molecule has 11 heteroatoms. The number of aryl methyl sites for hydroxylation is 2. The van der Waals surface area contributed by atoms with Gasteiger partial charge in [-0.05, 0) is 78.3 Å². The van der Waals surface area contributed by atoms with Crippen molar-refractivity contribution >= 4 is 29.3 Å². The molecule has 230 valence electrons. The molecule has 1 aliphatic rings. The largest absolute Gasteiger partial charge is 0.493 e. The minimum atomic E-state index is -0.625. The smallest absolute Gasteiger partial charge is 0.242 e. The summed E-state index contributed by atoms with van der Waals surface area (Å²) in [4.78, 5) is 39.3. The van der Waals surface area contributed by atoms with Crippen molar-refractivity contribution in [2.24, 2.45) is 7.05 Å². The fourth-order valence-corrected chi connectivity index (χ4v) is 5.97. The molecule has 2 atom stereocenters. The Hall–Kier alpha value is -4.12. The van der Waals surface area contributed by atoms with Gasteiger partial charge in [0.15, 0.2) is 11.5 Å². The van der Waals surface area contributed by atoms with Crippen molar-refractivity contribution in [1.82, 2.24) is 15.2 Å². The number of nitrogens with one attached hydrogen (secondary N) is 3. The van der Waals surface area contributed by atoms with Crippen molar-refractivity contribution in [3.8, 4) is 28.4 Å². The fraction of sp³-hybridized carbons (Fsp3) is 0.406. The second-order valence-corrected chi connectivity index (χ2v) is 11.4. The number of nitrogens with zero attached hydrogens (tertiary/aromatic N) is 1. The van der Waals surface area contributed by atoms with Gasteiger partial charge >= 0.3 is 0 Å². The quantitative estimate of drug-likeness (QED) is 0.282. The van der Waals surface area contributed by atoms with E-state index < -0.39 is 12.1 Å². The molecule has 4 rings (SSSR count). The predicted molar refractivity (Wildman–Crippen MR) is 170 cm³/mol. The van der Waals surface area contributed by atoms with Crippen LogP contribution in [0.2, 0.25) is 0 Å². The fourth-order valence-electron chi connectivity index (χ4n) is 5.50. The maximum atomic E-state index is 13.8. The summed E-state index contributed by atoms with van der Waals surface area (Å²) in [5, 5.41) is 9.25. The van der Waals surface area contributed by atoms with Gasteiger partial charge in [0, 0.05) is 31.4 Å². The molecule has 1 heterocycles. The molecule has 2 amide bonds.